The van der Waals surface area contributed by atoms with Gasteiger partial charge < -0.3 is 4.90 Å². The summed E-state index contributed by atoms with van der Waals surface area (Å²) in [5.74, 6) is -0.168. The van der Waals surface area contributed by atoms with Gasteiger partial charge in [0.25, 0.3) is 5.91 Å². The molecule has 1 aromatic carbocycles. The molecule has 0 unspecified atom stereocenters. The Morgan fingerprint density at radius 3 is 2.45 bits per heavy atom. The summed E-state index contributed by atoms with van der Waals surface area (Å²) in [6.45, 7) is 6.58. The lowest BCUT2D eigenvalue weighted by Crippen LogP contribution is -2.48. The predicted molar refractivity (Wildman–Crippen MR) is 117 cm³/mol. The molecule has 4 rings (SSSR count). The van der Waals surface area contributed by atoms with Gasteiger partial charge in [-0.15, -0.1) is 0 Å². The van der Waals surface area contributed by atoms with Crippen molar-refractivity contribution >= 4 is 17.5 Å². The molecule has 1 aliphatic rings. The summed E-state index contributed by atoms with van der Waals surface area (Å²) < 4.78 is 42.2. The van der Waals surface area contributed by atoms with E-state index < -0.39 is 11.7 Å². The van der Waals surface area contributed by atoms with E-state index >= 15 is 0 Å². The number of alkyl halides is 3. The molecule has 11 heteroatoms. The summed E-state index contributed by atoms with van der Waals surface area (Å²) in [5, 5.41) is 9.37. The van der Waals surface area contributed by atoms with Gasteiger partial charge in [-0.05, 0) is 31.5 Å². The first-order chi connectivity index (χ1) is 15.6. The summed E-state index contributed by atoms with van der Waals surface area (Å²) in [6, 6.07) is 7.04. The summed E-state index contributed by atoms with van der Waals surface area (Å²) >= 11 is 6.18. The van der Waals surface area contributed by atoms with Crippen LogP contribution in [-0.4, -0.2) is 61.4 Å². The van der Waals surface area contributed by atoms with Crippen LogP contribution < -0.4 is 0 Å². The monoisotopic (exact) mass is 480 g/mol. The van der Waals surface area contributed by atoms with E-state index in [1.165, 1.54) is 12.1 Å². The Kier molecular flexibility index (Phi) is 6.49. The minimum absolute atomic E-state index is 0.168. The minimum Gasteiger partial charge on any atom is -0.335 e. The van der Waals surface area contributed by atoms with Crippen LogP contribution in [0.15, 0.2) is 36.5 Å². The van der Waals surface area contributed by atoms with E-state index in [1.807, 2.05) is 18.7 Å². The third kappa shape index (κ3) is 5.22. The van der Waals surface area contributed by atoms with E-state index in [2.05, 4.69) is 10.2 Å². The fraction of sp³-hybridized carbons (Fsp3) is 0.409. The zero-order valence-corrected chi connectivity index (χ0v) is 19.1. The van der Waals surface area contributed by atoms with Gasteiger partial charge in [0.1, 0.15) is 12.4 Å². The van der Waals surface area contributed by atoms with Crippen molar-refractivity contribution in [3.8, 4) is 0 Å². The number of halogens is 4. The highest BCUT2D eigenvalue weighted by Crippen LogP contribution is 2.29. The van der Waals surface area contributed by atoms with Crippen molar-refractivity contribution < 1.29 is 18.0 Å². The third-order valence-electron chi connectivity index (χ3n) is 5.75. The number of benzene rings is 1. The average Bonchev–Trinajstić information content (AvgIpc) is 3.34. The van der Waals surface area contributed by atoms with Crippen LogP contribution in [0.4, 0.5) is 13.2 Å². The molecule has 0 aliphatic carbocycles. The molecule has 3 heterocycles. The number of nitrogens with zero attached hydrogens (tertiary/aromatic N) is 6. The maximum Gasteiger partial charge on any atom is 0.416 e. The highest BCUT2D eigenvalue weighted by Gasteiger charge is 2.30. The first-order valence-corrected chi connectivity index (χ1v) is 10.9. The van der Waals surface area contributed by atoms with E-state index in [4.69, 9.17) is 11.6 Å². The predicted octanol–water partition coefficient (Wildman–Crippen LogP) is 3.83. The Hall–Kier alpha value is -2.85. The van der Waals surface area contributed by atoms with E-state index in [-0.39, 0.29) is 5.91 Å². The van der Waals surface area contributed by atoms with Crippen LogP contribution in [-0.2, 0) is 19.4 Å². The molecule has 3 aromatic rings. The van der Waals surface area contributed by atoms with Crippen LogP contribution in [0.3, 0.4) is 0 Å². The fourth-order valence-corrected chi connectivity index (χ4v) is 4.02. The normalized spacial score (nSPS) is 15.3. The highest BCUT2D eigenvalue weighted by molar-refractivity contribution is 6.31. The zero-order valence-electron chi connectivity index (χ0n) is 18.3. The number of carbonyl (C=O) groups is 1. The van der Waals surface area contributed by atoms with Crippen LogP contribution in [0, 0.1) is 13.8 Å². The molecule has 0 saturated carbocycles. The number of hydrogen-bond donors (Lipinski definition) is 0. The zero-order chi connectivity index (χ0) is 23.8. The van der Waals surface area contributed by atoms with Crippen molar-refractivity contribution in [1.29, 1.82) is 0 Å². The van der Waals surface area contributed by atoms with Crippen molar-refractivity contribution in [2.24, 2.45) is 0 Å². The van der Waals surface area contributed by atoms with E-state index in [0.29, 0.717) is 55.7 Å². The molecule has 176 valence electrons. The summed E-state index contributed by atoms with van der Waals surface area (Å²) in [7, 11) is 0. The van der Waals surface area contributed by atoms with Gasteiger partial charge in [0.05, 0.1) is 22.0 Å². The number of amides is 1. The Bertz CT molecular complexity index is 1150. The van der Waals surface area contributed by atoms with Gasteiger partial charge >= 0.3 is 6.18 Å². The van der Waals surface area contributed by atoms with Crippen molar-refractivity contribution in [2.45, 2.75) is 33.2 Å². The van der Waals surface area contributed by atoms with E-state index in [9.17, 15) is 18.0 Å². The number of hydrogen-bond acceptors (Lipinski definition) is 4. The molecule has 2 aromatic heterocycles. The first kappa shape index (κ1) is 23.3. The van der Waals surface area contributed by atoms with Gasteiger partial charge in [0.15, 0.2) is 0 Å². The number of aryl methyl sites for hydroxylation is 1. The van der Waals surface area contributed by atoms with Gasteiger partial charge in [-0.2, -0.15) is 23.4 Å². The van der Waals surface area contributed by atoms with Crippen LogP contribution in [0.1, 0.15) is 33.0 Å². The third-order valence-corrected chi connectivity index (χ3v) is 6.30. The molecular weight excluding hydrogens is 457 g/mol. The molecule has 0 N–H and O–H groups in total. The molecule has 0 bridgehead atoms. The van der Waals surface area contributed by atoms with Crippen molar-refractivity contribution in [2.75, 3.05) is 26.2 Å². The standard InChI is InChI=1S/C22H24ClF3N6O/c1-15-20(23)16(2)32(27-15)14-31-7-6-19(28-31)21(33)30-10-8-29(9-11-30)13-17-4-3-5-18(12-17)22(24,25)26/h3-7,12H,8-11,13-14H2,1-2H3. The van der Waals surface area contributed by atoms with Crippen molar-refractivity contribution in [3.05, 3.63) is 69.8 Å². The molecule has 0 spiro atoms. The quantitative estimate of drug-likeness (QED) is 0.557. The van der Waals surface area contributed by atoms with Crippen molar-refractivity contribution in [1.82, 2.24) is 29.4 Å². The largest absolute Gasteiger partial charge is 0.416 e. The molecule has 1 saturated heterocycles. The van der Waals surface area contributed by atoms with E-state index in [0.717, 1.165) is 17.5 Å². The fourth-order valence-electron chi connectivity index (χ4n) is 3.88. The van der Waals surface area contributed by atoms with Gasteiger partial charge in [-0.3, -0.25) is 14.4 Å². The van der Waals surface area contributed by atoms with Crippen LogP contribution in [0.5, 0.6) is 0 Å². The van der Waals surface area contributed by atoms with Gasteiger partial charge in [-0.25, -0.2) is 4.68 Å². The van der Waals surface area contributed by atoms with Gasteiger partial charge in [-0.1, -0.05) is 29.8 Å². The average molecular weight is 481 g/mol. The summed E-state index contributed by atoms with van der Waals surface area (Å²) in [5.41, 5.74) is 1.86. The highest BCUT2D eigenvalue weighted by atomic mass is 35.5. The smallest absolute Gasteiger partial charge is 0.335 e. The Morgan fingerprint density at radius 1 is 1.09 bits per heavy atom. The Balaban J connectivity index is 1.33. The topological polar surface area (TPSA) is 59.2 Å². The van der Waals surface area contributed by atoms with Crippen LogP contribution >= 0.6 is 11.6 Å². The molecular formula is C22H24ClF3N6O. The van der Waals surface area contributed by atoms with E-state index in [1.54, 1.807) is 32.6 Å². The number of rotatable bonds is 5. The maximum absolute atomic E-state index is 12.9. The summed E-state index contributed by atoms with van der Waals surface area (Å²) in [6.07, 6.45) is -2.63. The first-order valence-electron chi connectivity index (χ1n) is 10.5. The van der Waals surface area contributed by atoms with Crippen molar-refractivity contribution in [3.63, 3.8) is 0 Å². The second-order valence-electron chi connectivity index (χ2n) is 8.13. The molecule has 1 fully saturated rings. The molecule has 1 amide bonds. The molecule has 7 nitrogen and oxygen atoms in total. The number of piperazine rings is 1. The van der Waals surface area contributed by atoms with Gasteiger partial charge in [0.2, 0.25) is 0 Å². The Labute approximate surface area is 194 Å². The second-order valence-corrected chi connectivity index (χ2v) is 8.51. The molecule has 0 atom stereocenters. The lowest BCUT2D eigenvalue weighted by atomic mass is 10.1. The SMILES string of the molecule is Cc1nn(Cn2ccc(C(=O)N3CCN(Cc4cccc(C(F)(F)F)c4)CC3)n2)c(C)c1Cl. The summed E-state index contributed by atoms with van der Waals surface area (Å²) in [4.78, 5) is 16.6. The maximum atomic E-state index is 12.9. The number of aromatic nitrogens is 4. The molecule has 0 radical (unpaired) electrons. The minimum atomic E-state index is -4.36. The molecule has 33 heavy (non-hydrogen) atoms. The lowest BCUT2D eigenvalue weighted by molar-refractivity contribution is -0.137. The lowest BCUT2D eigenvalue weighted by Gasteiger charge is -2.34. The van der Waals surface area contributed by atoms with Crippen LogP contribution in [0.2, 0.25) is 5.02 Å². The number of carbonyl (C=O) groups excluding carboxylic acids is 1. The van der Waals surface area contributed by atoms with Crippen LogP contribution in [0.25, 0.3) is 0 Å². The second kappa shape index (κ2) is 9.18. The molecule has 1 aliphatic heterocycles. The Morgan fingerprint density at radius 2 is 1.82 bits per heavy atom. The van der Waals surface area contributed by atoms with Gasteiger partial charge in [0, 0.05) is 38.9 Å².